The van der Waals surface area contributed by atoms with Gasteiger partial charge in [-0.1, -0.05) is 0 Å². The number of hydrogen-bond donors (Lipinski definition) is 2. The van der Waals surface area contributed by atoms with Crippen LogP contribution in [0.15, 0.2) is 23.4 Å². The highest BCUT2D eigenvalue weighted by atomic mass is 127. The zero-order valence-corrected chi connectivity index (χ0v) is 17.4. The molecule has 1 atom stereocenters. The van der Waals surface area contributed by atoms with E-state index in [4.69, 9.17) is 19.5 Å². The van der Waals surface area contributed by atoms with Crippen LogP contribution in [-0.2, 0) is 9.53 Å². The molecular weight excluding hydrogens is 465 g/mol. The van der Waals surface area contributed by atoms with Crippen LogP contribution in [0.3, 0.4) is 0 Å². The summed E-state index contributed by atoms with van der Waals surface area (Å²) in [5.74, 6) is 0.370. The SMILES string of the molecule is CCOC(=O)C1=C(C)NC(=O)NC1c1cc(I)c(OCC#N)c(OCC)c1. The summed E-state index contributed by atoms with van der Waals surface area (Å²) >= 11 is 2.06. The molecule has 0 saturated heterocycles. The zero-order valence-electron chi connectivity index (χ0n) is 15.2. The van der Waals surface area contributed by atoms with Crippen molar-refractivity contribution in [3.8, 4) is 17.6 Å². The van der Waals surface area contributed by atoms with Crippen molar-refractivity contribution < 1.29 is 23.8 Å². The van der Waals surface area contributed by atoms with Crippen LogP contribution < -0.4 is 20.1 Å². The van der Waals surface area contributed by atoms with Crippen LogP contribution in [0.25, 0.3) is 0 Å². The van der Waals surface area contributed by atoms with Crippen molar-refractivity contribution in [3.63, 3.8) is 0 Å². The van der Waals surface area contributed by atoms with Gasteiger partial charge >= 0.3 is 12.0 Å². The smallest absolute Gasteiger partial charge is 0.338 e. The monoisotopic (exact) mass is 485 g/mol. The van der Waals surface area contributed by atoms with E-state index in [1.807, 2.05) is 13.0 Å². The average molecular weight is 485 g/mol. The Balaban J connectivity index is 2.53. The van der Waals surface area contributed by atoms with Crippen LogP contribution in [0.5, 0.6) is 11.5 Å². The molecule has 0 saturated carbocycles. The second kappa shape index (κ2) is 9.45. The Hall–Kier alpha value is -2.48. The first kappa shape index (κ1) is 20.8. The highest BCUT2D eigenvalue weighted by Gasteiger charge is 2.33. The Bertz CT molecular complexity index is 816. The first-order valence-electron chi connectivity index (χ1n) is 8.34. The number of carbonyl (C=O) groups is 2. The topological polar surface area (TPSA) is 110 Å². The molecule has 2 N–H and O–H groups in total. The minimum absolute atomic E-state index is 0.118. The molecule has 9 heteroatoms. The van der Waals surface area contributed by atoms with Crippen molar-refractivity contribution in [3.05, 3.63) is 32.5 Å². The van der Waals surface area contributed by atoms with E-state index >= 15 is 0 Å². The minimum Gasteiger partial charge on any atom is -0.490 e. The summed E-state index contributed by atoms with van der Waals surface area (Å²) in [6.07, 6.45) is 0. The van der Waals surface area contributed by atoms with Crippen LogP contribution in [-0.4, -0.2) is 31.8 Å². The fourth-order valence-electron chi connectivity index (χ4n) is 2.69. The van der Waals surface area contributed by atoms with E-state index in [1.165, 1.54) is 0 Å². The maximum atomic E-state index is 12.4. The molecular formula is C18H20IN3O5. The third-order valence-electron chi connectivity index (χ3n) is 3.71. The van der Waals surface area contributed by atoms with Crippen molar-refractivity contribution in [2.24, 2.45) is 0 Å². The molecule has 27 heavy (non-hydrogen) atoms. The van der Waals surface area contributed by atoms with Crippen LogP contribution >= 0.6 is 22.6 Å². The van der Waals surface area contributed by atoms with Crippen LogP contribution in [0.1, 0.15) is 32.4 Å². The van der Waals surface area contributed by atoms with E-state index in [-0.39, 0.29) is 13.2 Å². The Kier molecular flexibility index (Phi) is 7.29. The lowest BCUT2D eigenvalue weighted by atomic mass is 9.95. The van der Waals surface area contributed by atoms with E-state index in [2.05, 4.69) is 33.2 Å². The molecule has 1 heterocycles. The lowest BCUT2D eigenvalue weighted by Gasteiger charge is -2.28. The quantitative estimate of drug-likeness (QED) is 0.454. The van der Waals surface area contributed by atoms with Gasteiger partial charge in [0.25, 0.3) is 0 Å². The Labute approximate surface area is 171 Å². The molecule has 1 aliphatic rings. The molecule has 144 valence electrons. The number of allylic oxidation sites excluding steroid dienone is 1. The molecule has 2 rings (SSSR count). The molecule has 0 aromatic heterocycles. The van der Waals surface area contributed by atoms with Crippen LogP contribution in [0, 0.1) is 14.9 Å². The number of nitrogens with zero attached hydrogens (tertiary/aromatic N) is 1. The van der Waals surface area contributed by atoms with Gasteiger partial charge in [0, 0.05) is 5.70 Å². The molecule has 0 aliphatic carbocycles. The van der Waals surface area contributed by atoms with Crippen molar-refractivity contribution in [2.75, 3.05) is 19.8 Å². The summed E-state index contributed by atoms with van der Waals surface area (Å²) in [6, 6.07) is 4.28. The number of benzene rings is 1. The molecule has 1 aliphatic heterocycles. The minimum atomic E-state index is -0.699. The fraction of sp³-hybridized carbons (Fsp3) is 0.389. The molecule has 0 spiro atoms. The number of ether oxygens (including phenoxy) is 3. The van der Waals surface area contributed by atoms with Crippen molar-refractivity contribution >= 4 is 34.6 Å². The number of nitriles is 1. The first-order valence-corrected chi connectivity index (χ1v) is 9.42. The van der Waals surface area contributed by atoms with Gasteiger partial charge in [-0.3, -0.25) is 0 Å². The lowest BCUT2D eigenvalue weighted by molar-refractivity contribution is -0.139. The fourth-order valence-corrected chi connectivity index (χ4v) is 3.47. The lowest BCUT2D eigenvalue weighted by Crippen LogP contribution is -2.45. The van der Waals surface area contributed by atoms with E-state index in [1.54, 1.807) is 26.0 Å². The molecule has 0 fully saturated rings. The second-order valence-electron chi connectivity index (χ2n) is 5.50. The summed E-state index contributed by atoms with van der Waals surface area (Å²) in [7, 11) is 0. The van der Waals surface area contributed by atoms with Gasteiger partial charge in [0.1, 0.15) is 6.07 Å². The highest BCUT2D eigenvalue weighted by Crippen LogP contribution is 2.38. The maximum Gasteiger partial charge on any atom is 0.338 e. The number of rotatable bonds is 7. The molecule has 0 bridgehead atoms. The molecule has 1 unspecified atom stereocenters. The summed E-state index contributed by atoms with van der Waals surface area (Å²) in [5, 5.41) is 14.1. The molecule has 1 aromatic rings. The second-order valence-corrected chi connectivity index (χ2v) is 6.66. The third-order valence-corrected chi connectivity index (χ3v) is 4.51. The summed E-state index contributed by atoms with van der Waals surface area (Å²) in [5.41, 5.74) is 1.39. The number of halogens is 1. The Morgan fingerprint density at radius 1 is 1.30 bits per heavy atom. The van der Waals surface area contributed by atoms with E-state index in [9.17, 15) is 9.59 Å². The van der Waals surface area contributed by atoms with Gasteiger partial charge in [0.15, 0.2) is 18.1 Å². The highest BCUT2D eigenvalue weighted by molar-refractivity contribution is 14.1. The predicted molar refractivity (Wildman–Crippen MR) is 105 cm³/mol. The normalized spacial score (nSPS) is 16.1. The number of hydrogen-bond acceptors (Lipinski definition) is 6. The van der Waals surface area contributed by atoms with E-state index in [0.717, 1.165) is 0 Å². The zero-order chi connectivity index (χ0) is 20.0. The number of amides is 2. The third kappa shape index (κ3) is 4.82. The summed E-state index contributed by atoms with van der Waals surface area (Å²) < 4.78 is 16.9. The summed E-state index contributed by atoms with van der Waals surface area (Å²) in [6.45, 7) is 5.69. The maximum absolute atomic E-state index is 12.4. The number of esters is 1. The molecule has 2 amide bonds. The van der Waals surface area contributed by atoms with Gasteiger partial charge in [-0.2, -0.15) is 5.26 Å². The number of urea groups is 1. The van der Waals surface area contributed by atoms with Crippen LogP contribution in [0.4, 0.5) is 4.79 Å². The van der Waals surface area contributed by atoms with Gasteiger partial charge in [-0.15, -0.1) is 0 Å². The molecule has 0 radical (unpaired) electrons. The van der Waals surface area contributed by atoms with Gasteiger partial charge in [-0.05, 0) is 61.1 Å². The standard InChI is InChI=1S/C18H20IN3O5/c1-4-25-13-9-11(8-12(19)16(13)27-7-6-20)15-14(17(23)26-5-2)10(3)21-18(24)22-15/h8-9,15H,4-5,7H2,1-3H3,(H2,21,22,24). The van der Waals surface area contributed by atoms with Crippen molar-refractivity contribution in [1.29, 1.82) is 5.26 Å². The van der Waals surface area contributed by atoms with Crippen molar-refractivity contribution in [2.45, 2.75) is 26.8 Å². The Morgan fingerprint density at radius 2 is 2.04 bits per heavy atom. The van der Waals surface area contributed by atoms with Gasteiger partial charge < -0.3 is 24.8 Å². The molecule has 8 nitrogen and oxygen atoms in total. The predicted octanol–water partition coefficient (Wildman–Crippen LogP) is 2.78. The summed E-state index contributed by atoms with van der Waals surface area (Å²) in [4.78, 5) is 24.4. The van der Waals surface area contributed by atoms with E-state index in [0.29, 0.717) is 38.5 Å². The Morgan fingerprint density at radius 3 is 2.67 bits per heavy atom. The number of carbonyl (C=O) groups excluding carboxylic acids is 2. The van der Waals surface area contributed by atoms with Gasteiger partial charge in [0.05, 0.1) is 28.4 Å². The first-order chi connectivity index (χ1) is 12.9. The van der Waals surface area contributed by atoms with Crippen molar-refractivity contribution in [1.82, 2.24) is 10.6 Å². The average Bonchev–Trinajstić information content (AvgIpc) is 2.60. The van der Waals surface area contributed by atoms with Gasteiger partial charge in [0.2, 0.25) is 0 Å². The van der Waals surface area contributed by atoms with Gasteiger partial charge in [-0.25, -0.2) is 9.59 Å². The number of nitrogens with one attached hydrogen (secondary N) is 2. The van der Waals surface area contributed by atoms with E-state index < -0.39 is 18.0 Å². The molecule has 1 aromatic carbocycles. The largest absolute Gasteiger partial charge is 0.490 e. The van der Waals surface area contributed by atoms with Crippen LogP contribution in [0.2, 0.25) is 0 Å².